The zero-order chi connectivity index (χ0) is 29.9. The molecule has 3 aromatic carbocycles. The fourth-order valence-corrected chi connectivity index (χ4v) is 4.92. The van der Waals surface area contributed by atoms with E-state index in [1.807, 2.05) is 39.0 Å². The minimum Gasteiger partial charge on any atom is -0.491 e. The van der Waals surface area contributed by atoms with Crippen molar-refractivity contribution >= 4 is 34.7 Å². The third-order valence-electron chi connectivity index (χ3n) is 6.10. The molecule has 0 radical (unpaired) electrons. The van der Waals surface area contributed by atoms with E-state index in [2.05, 4.69) is 0 Å². The molecule has 4 rings (SSSR count). The number of hydrogen-bond acceptors (Lipinski definition) is 7. The van der Waals surface area contributed by atoms with Crippen LogP contribution in [0.15, 0.2) is 65.6 Å². The maximum atomic E-state index is 13.0. The fraction of sp³-hybridized carbons (Fsp3) is 0.241. The SMILES string of the molecule is Cc1ccc(C(C)C)c(OCCN2C(=O)S/C(=C\c3cccc(Oc4ccc(C(F)(F)F)cc4[N+](=O)[O-])c3)C2=O)c1. The average Bonchev–Trinajstić information content (AvgIpc) is 3.15. The number of nitrogens with zero attached hydrogens (tertiary/aromatic N) is 2. The second kappa shape index (κ2) is 12.0. The Bertz CT molecular complexity index is 1540. The topological polar surface area (TPSA) is 99.0 Å². The Morgan fingerprint density at radius 1 is 1.05 bits per heavy atom. The van der Waals surface area contributed by atoms with Crippen LogP contribution in [0.2, 0.25) is 0 Å². The van der Waals surface area contributed by atoms with Gasteiger partial charge in [0.2, 0.25) is 5.75 Å². The highest BCUT2D eigenvalue weighted by Gasteiger charge is 2.35. The van der Waals surface area contributed by atoms with Gasteiger partial charge in [0.1, 0.15) is 18.1 Å². The van der Waals surface area contributed by atoms with Gasteiger partial charge in [0.05, 0.1) is 21.9 Å². The van der Waals surface area contributed by atoms with Gasteiger partial charge in [-0.15, -0.1) is 0 Å². The molecular weight excluding hydrogens is 561 g/mol. The standard InChI is InChI=1S/C29H25F3N2O6S/c1-17(2)22-9-7-18(3)13-25(22)39-12-11-33-27(35)26(41-28(33)36)15-19-5-4-6-21(14-19)40-24-10-8-20(29(30,31)32)16-23(24)34(37)38/h4-10,13-17H,11-12H2,1-3H3/b26-15-. The highest BCUT2D eigenvalue weighted by molar-refractivity contribution is 8.18. The summed E-state index contributed by atoms with van der Waals surface area (Å²) in [6, 6.07) is 13.9. The van der Waals surface area contributed by atoms with Gasteiger partial charge in [-0.2, -0.15) is 13.2 Å². The monoisotopic (exact) mass is 586 g/mol. The van der Waals surface area contributed by atoms with E-state index in [9.17, 15) is 32.9 Å². The first-order valence-electron chi connectivity index (χ1n) is 12.5. The van der Waals surface area contributed by atoms with Crippen molar-refractivity contribution in [2.45, 2.75) is 32.9 Å². The first-order valence-corrected chi connectivity index (χ1v) is 13.3. The molecule has 1 heterocycles. The number of imide groups is 1. The van der Waals surface area contributed by atoms with Gasteiger partial charge in [-0.1, -0.05) is 38.1 Å². The largest absolute Gasteiger partial charge is 0.491 e. The average molecular weight is 587 g/mol. The number of carbonyl (C=O) groups is 2. The van der Waals surface area contributed by atoms with Gasteiger partial charge >= 0.3 is 11.9 Å². The molecule has 1 saturated heterocycles. The van der Waals surface area contributed by atoms with Crippen LogP contribution in [0.3, 0.4) is 0 Å². The van der Waals surface area contributed by atoms with Crippen molar-refractivity contribution in [3.63, 3.8) is 0 Å². The van der Waals surface area contributed by atoms with E-state index in [-0.39, 0.29) is 35.5 Å². The van der Waals surface area contributed by atoms with Gasteiger partial charge in [-0.05, 0) is 77.7 Å². The van der Waals surface area contributed by atoms with Crippen molar-refractivity contribution in [2.75, 3.05) is 13.2 Å². The summed E-state index contributed by atoms with van der Waals surface area (Å²) in [5.74, 6) is 0.146. The van der Waals surface area contributed by atoms with Crippen LogP contribution in [0.25, 0.3) is 6.08 Å². The summed E-state index contributed by atoms with van der Waals surface area (Å²) in [6.07, 6.45) is -3.28. The third-order valence-corrected chi connectivity index (χ3v) is 7.01. The first-order chi connectivity index (χ1) is 19.3. The van der Waals surface area contributed by atoms with E-state index in [0.29, 0.717) is 23.4 Å². The normalized spacial score (nSPS) is 14.7. The van der Waals surface area contributed by atoms with E-state index in [0.717, 1.165) is 33.9 Å². The number of carbonyl (C=O) groups excluding carboxylic acids is 2. The lowest BCUT2D eigenvalue weighted by Crippen LogP contribution is -2.32. The Balaban J connectivity index is 1.46. The Hall–Kier alpha value is -4.32. The van der Waals surface area contributed by atoms with Crippen molar-refractivity contribution in [1.82, 2.24) is 4.90 Å². The summed E-state index contributed by atoms with van der Waals surface area (Å²) in [4.78, 5) is 37.2. The second-order valence-electron chi connectivity index (χ2n) is 9.49. The number of ether oxygens (including phenoxy) is 2. The number of benzene rings is 3. The van der Waals surface area contributed by atoms with E-state index in [1.165, 1.54) is 18.2 Å². The summed E-state index contributed by atoms with van der Waals surface area (Å²) < 4.78 is 50.4. The van der Waals surface area contributed by atoms with Gasteiger partial charge in [0, 0.05) is 6.07 Å². The molecule has 0 saturated carbocycles. The third kappa shape index (κ3) is 7.07. The quantitative estimate of drug-likeness (QED) is 0.143. The molecule has 2 amide bonds. The summed E-state index contributed by atoms with van der Waals surface area (Å²) >= 11 is 0.760. The lowest BCUT2D eigenvalue weighted by Gasteiger charge is -2.17. The molecule has 0 N–H and O–H groups in total. The van der Waals surface area contributed by atoms with Gasteiger partial charge < -0.3 is 9.47 Å². The number of hydrogen-bond donors (Lipinski definition) is 0. The molecular formula is C29H25F3N2O6S. The molecule has 1 aliphatic rings. The summed E-state index contributed by atoms with van der Waals surface area (Å²) in [5.41, 5.74) is 0.469. The van der Waals surface area contributed by atoms with Gasteiger partial charge in [-0.25, -0.2) is 0 Å². The first kappa shape index (κ1) is 29.7. The highest BCUT2D eigenvalue weighted by atomic mass is 32.2. The molecule has 0 atom stereocenters. The number of nitro groups is 1. The van der Waals surface area contributed by atoms with Crippen molar-refractivity contribution in [3.05, 3.63) is 97.9 Å². The maximum Gasteiger partial charge on any atom is 0.416 e. The smallest absolute Gasteiger partial charge is 0.416 e. The molecule has 0 spiro atoms. The Kier molecular flexibility index (Phi) is 8.72. The molecule has 8 nitrogen and oxygen atoms in total. The molecule has 0 aromatic heterocycles. The predicted molar refractivity (Wildman–Crippen MR) is 148 cm³/mol. The molecule has 0 aliphatic carbocycles. The van der Waals surface area contributed by atoms with Crippen molar-refractivity contribution in [3.8, 4) is 17.2 Å². The van der Waals surface area contributed by atoms with E-state index < -0.39 is 33.5 Å². The number of nitro benzene ring substituents is 1. The molecule has 3 aromatic rings. The number of amides is 2. The number of aryl methyl sites for hydroxylation is 1. The highest BCUT2D eigenvalue weighted by Crippen LogP contribution is 2.38. The minimum atomic E-state index is -4.75. The molecule has 1 aliphatic heterocycles. The van der Waals surface area contributed by atoms with Gasteiger partial charge in [-0.3, -0.25) is 24.6 Å². The molecule has 0 bridgehead atoms. The second-order valence-corrected chi connectivity index (χ2v) is 10.5. The molecule has 0 unspecified atom stereocenters. The summed E-state index contributed by atoms with van der Waals surface area (Å²) in [6.45, 7) is 6.20. The zero-order valence-electron chi connectivity index (χ0n) is 22.2. The molecule has 214 valence electrons. The Morgan fingerprint density at radius 2 is 1.80 bits per heavy atom. The Labute approximate surface area is 237 Å². The van der Waals surface area contributed by atoms with Gasteiger partial charge in [0.15, 0.2) is 0 Å². The lowest BCUT2D eigenvalue weighted by atomic mass is 10.0. The van der Waals surface area contributed by atoms with Crippen molar-refractivity contribution in [2.24, 2.45) is 0 Å². The van der Waals surface area contributed by atoms with Crippen molar-refractivity contribution in [1.29, 1.82) is 0 Å². The van der Waals surface area contributed by atoms with E-state index in [1.54, 1.807) is 12.1 Å². The predicted octanol–water partition coefficient (Wildman–Crippen LogP) is 7.95. The molecule has 41 heavy (non-hydrogen) atoms. The number of alkyl halides is 3. The van der Waals surface area contributed by atoms with E-state index in [4.69, 9.17) is 9.47 Å². The summed E-state index contributed by atoms with van der Waals surface area (Å²) in [5, 5.41) is 10.9. The van der Waals surface area contributed by atoms with Gasteiger partial charge in [0.25, 0.3) is 11.1 Å². The summed E-state index contributed by atoms with van der Waals surface area (Å²) in [7, 11) is 0. The van der Waals surface area contributed by atoms with Crippen LogP contribution >= 0.6 is 11.8 Å². The lowest BCUT2D eigenvalue weighted by molar-refractivity contribution is -0.385. The maximum absolute atomic E-state index is 13.0. The van der Waals surface area contributed by atoms with E-state index >= 15 is 0 Å². The Morgan fingerprint density at radius 3 is 2.49 bits per heavy atom. The van der Waals surface area contributed by atoms with Crippen LogP contribution in [0.1, 0.15) is 42.0 Å². The number of halogens is 3. The minimum absolute atomic E-state index is 0.0498. The van der Waals surface area contributed by atoms with Crippen LogP contribution < -0.4 is 9.47 Å². The molecule has 1 fully saturated rings. The van der Waals surface area contributed by atoms with Crippen molar-refractivity contribution < 1.29 is 37.2 Å². The molecule has 12 heteroatoms. The van der Waals surface area contributed by atoms with Crippen LogP contribution in [0.4, 0.5) is 23.7 Å². The fourth-order valence-electron chi connectivity index (χ4n) is 4.05. The van der Waals surface area contributed by atoms with Crippen LogP contribution in [-0.4, -0.2) is 34.1 Å². The number of rotatable bonds is 9. The van der Waals surface area contributed by atoms with Crippen LogP contribution in [-0.2, 0) is 11.0 Å². The zero-order valence-corrected chi connectivity index (χ0v) is 23.0. The van der Waals surface area contributed by atoms with Crippen LogP contribution in [0, 0.1) is 17.0 Å². The van der Waals surface area contributed by atoms with Crippen LogP contribution in [0.5, 0.6) is 17.2 Å². The number of thioether (sulfide) groups is 1.